The topological polar surface area (TPSA) is 60.2 Å². The molecule has 1 aliphatic rings. The van der Waals surface area contributed by atoms with E-state index in [1.54, 1.807) is 7.11 Å². The Bertz CT molecular complexity index is 813. The molecule has 6 nitrogen and oxygen atoms in total. The van der Waals surface area contributed by atoms with Gasteiger partial charge in [-0.2, -0.15) is 0 Å². The smallest absolute Gasteiger partial charge is 0.233 e. The number of rotatable bonds is 9. The Balaban J connectivity index is 1.72. The van der Waals surface area contributed by atoms with Crippen LogP contribution in [0.2, 0.25) is 0 Å². The molecule has 0 N–H and O–H groups in total. The number of carbonyl (C=O) groups excluding carboxylic acids is 1. The van der Waals surface area contributed by atoms with Crippen LogP contribution < -0.4 is 4.74 Å². The highest BCUT2D eigenvalue weighted by Crippen LogP contribution is 2.27. The molecule has 1 amide bonds. The van der Waals surface area contributed by atoms with E-state index in [1.807, 2.05) is 39.8 Å². The van der Waals surface area contributed by atoms with Crippen LogP contribution in [0, 0.1) is 0 Å². The van der Waals surface area contributed by atoms with E-state index in [1.165, 1.54) is 31.0 Å². The molecule has 1 aromatic heterocycles. The lowest BCUT2D eigenvalue weighted by Crippen LogP contribution is -2.42. The van der Waals surface area contributed by atoms with Crippen molar-refractivity contribution in [2.45, 2.75) is 56.8 Å². The Hall–Kier alpha value is -2.28. The molecule has 1 fully saturated rings. The molecule has 0 radical (unpaired) electrons. The number of hydrogen-bond acceptors (Lipinski definition) is 5. The second kappa shape index (κ2) is 10.5. The molecule has 1 saturated carbocycles. The first-order chi connectivity index (χ1) is 14.2. The third-order valence-electron chi connectivity index (χ3n) is 5.38. The lowest BCUT2D eigenvalue weighted by Gasteiger charge is -2.33. The molecule has 0 spiro atoms. The number of thioether (sulfide) groups is 1. The quantitative estimate of drug-likeness (QED) is 0.449. The summed E-state index contributed by atoms with van der Waals surface area (Å²) in [5.74, 6) is 2.12. The van der Waals surface area contributed by atoms with E-state index in [0.29, 0.717) is 18.3 Å². The van der Waals surface area contributed by atoms with Gasteiger partial charge in [0.2, 0.25) is 5.91 Å². The standard InChI is InChI=1S/C22H30N4O2S/c1-4-15-26-21(17-11-13-19(28-3)14-12-17)23-24-22(26)29-16-20(27)25(5-2)18-9-7-6-8-10-18/h4,11-14,18H,1,5-10,15-16H2,2-3H3. The van der Waals surface area contributed by atoms with Crippen molar-refractivity contribution in [3.63, 3.8) is 0 Å². The van der Waals surface area contributed by atoms with Crippen molar-refractivity contribution >= 4 is 17.7 Å². The normalized spacial score (nSPS) is 14.6. The first kappa shape index (κ1) is 21.4. The summed E-state index contributed by atoms with van der Waals surface area (Å²) < 4.78 is 7.23. The van der Waals surface area contributed by atoms with Crippen molar-refractivity contribution in [3.8, 4) is 17.1 Å². The average molecular weight is 415 g/mol. The van der Waals surface area contributed by atoms with Crippen molar-refractivity contribution in [1.82, 2.24) is 19.7 Å². The van der Waals surface area contributed by atoms with Crippen LogP contribution in [-0.4, -0.2) is 51.0 Å². The molecule has 0 aliphatic heterocycles. The number of methoxy groups -OCH3 is 1. The molecule has 156 valence electrons. The van der Waals surface area contributed by atoms with Gasteiger partial charge in [-0.1, -0.05) is 37.1 Å². The van der Waals surface area contributed by atoms with Gasteiger partial charge < -0.3 is 9.64 Å². The van der Waals surface area contributed by atoms with Gasteiger partial charge in [-0.15, -0.1) is 16.8 Å². The van der Waals surface area contributed by atoms with Crippen molar-refractivity contribution in [2.75, 3.05) is 19.4 Å². The molecular weight excluding hydrogens is 384 g/mol. The molecule has 2 aromatic rings. The van der Waals surface area contributed by atoms with Gasteiger partial charge in [-0.3, -0.25) is 9.36 Å². The van der Waals surface area contributed by atoms with Crippen molar-refractivity contribution in [3.05, 3.63) is 36.9 Å². The number of allylic oxidation sites excluding steroid dienone is 1. The third kappa shape index (κ3) is 5.21. The van der Waals surface area contributed by atoms with E-state index >= 15 is 0 Å². The van der Waals surface area contributed by atoms with E-state index in [2.05, 4.69) is 23.7 Å². The lowest BCUT2D eigenvalue weighted by molar-refractivity contribution is -0.131. The molecule has 29 heavy (non-hydrogen) atoms. The number of aromatic nitrogens is 3. The summed E-state index contributed by atoms with van der Waals surface area (Å²) in [7, 11) is 1.65. The summed E-state index contributed by atoms with van der Waals surface area (Å²) in [5.41, 5.74) is 0.954. The highest BCUT2D eigenvalue weighted by Gasteiger charge is 2.24. The van der Waals surface area contributed by atoms with E-state index in [-0.39, 0.29) is 5.91 Å². The fourth-order valence-corrected chi connectivity index (χ4v) is 4.72. The Morgan fingerprint density at radius 1 is 1.28 bits per heavy atom. The molecule has 0 bridgehead atoms. The fraction of sp³-hybridized carbons (Fsp3) is 0.500. The minimum atomic E-state index is 0.184. The molecule has 1 aliphatic carbocycles. The summed E-state index contributed by atoms with van der Waals surface area (Å²) in [6.45, 7) is 7.28. The molecule has 3 rings (SSSR count). The van der Waals surface area contributed by atoms with Crippen LogP contribution >= 0.6 is 11.8 Å². The predicted molar refractivity (Wildman–Crippen MR) is 117 cm³/mol. The Morgan fingerprint density at radius 3 is 2.62 bits per heavy atom. The van der Waals surface area contributed by atoms with Crippen molar-refractivity contribution in [2.24, 2.45) is 0 Å². The highest BCUT2D eigenvalue weighted by atomic mass is 32.2. The first-order valence-electron chi connectivity index (χ1n) is 10.3. The maximum atomic E-state index is 12.9. The maximum Gasteiger partial charge on any atom is 0.233 e. The zero-order valence-corrected chi connectivity index (χ0v) is 18.2. The summed E-state index contributed by atoms with van der Waals surface area (Å²) >= 11 is 1.45. The average Bonchev–Trinajstić information content (AvgIpc) is 3.16. The summed E-state index contributed by atoms with van der Waals surface area (Å²) in [6, 6.07) is 8.13. The molecular formula is C22H30N4O2S. The Morgan fingerprint density at radius 2 is 2.00 bits per heavy atom. The fourth-order valence-electron chi connectivity index (χ4n) is 3.88. The molecule has 0 saturated heterocycles. The van der Waals surface area contributed by atoms with Gasteiger partial charge in [-0.05, 0) is 44.0 Å². The Labute approximate surface area is 177 Å². The van der Waals surface area contributed by atoms with Gasteiger partial charge in [0.1, 0.15) is 5.75 Å². The Kier molecular flexibility index (Phi) is 7.75. The molecule has 1 aromatic carbocycles. The zero-order chi connectivity index (χ0) is 20.6. The number of ether oxygens (including phenoxy) is 1. The number of nitrogens with zero attached hydrogens (tertiary/aromatic N) is 4. The van der Waals surface area contributed by atoms with Crippen LogP contribution in [0.5, 0.6) is 5.75 Å². The van der Waals surface area contributed by atoms with E-state index < -0.39 is 0 Å². The number of amides is 1. The molecule has 7 heteroatoms. The molecule has 0 atom stereocenters. The summed E-state index contributed by atoms with van der Waals surface area (Å²) in [4.78, 5) is 14.9. The highest BCUT2D eigenvalue weighted by molar-refractivity contribution is 7.99. The number of hydrogen-bond donors (Lipinski definition) is 0. The van der Waals surface area contributed by atoms with Gasteiger partial charge in [0.15, 0.2) is 11.0 Å². The lowest BCUT2D eigenvalue weighted by atomic mass is 9.94. The maximum absolute atomic E-state index is 12.9. The van der Waals surface area contributed by atoms with Crippen LogP contribution in [0.15, 0.2) is 42.1 Å². The van der Waals surface area contributed by atoms with Crippen LogP contribution in [0.25, 0.3) is 11.4 Å². The summed E-state index contributed by atoms with van der Waals surface area (Å²) in [6.07, 6.45) is 7.80. The van der Waals surface area contributed by atoms with E-state index in [0.717, 1.165) is 41.7 Å². The summed E-state index contributed by atoms with van der Waals surface area (Å²) in [5, 5.41) is 9.46. The van der Waals surface area contributed by atoms with Crippen LogP contribution in [0.1, 0.15) is 39.0 Å². The van der Waals surface area contributed by atoms with Gasteiger partial charge in [0.05, 0.1) is 12.9 Å². The van der Waals surface area contributed by atoms with Crippen LogP contribution in [0.4, 0.5) is 0 Å². The monoisotopic (exact) mass is 414 g/mol. The van der Waals surface area contributed by atoms with Gasteiger partial charge in [0, 0.05) is 24.7 Å². The van der Waals surface area contributed by atoms with Gasteiger partial charge in [-0.25, -0.2) is 0 Å². The van der Waals surface area contributed by atoms with Crippen molar-refractivity contribution < 1.29 is 9.53 Å². The SMILES string of the molecule is C=CCn1c(SCC(=O)N(CC)C2CCCCC2)nnc1-c1ccc(OC)cc1. The first-order valence-corrected chi connectivity index (χ1v) is 11.3. The number of benzene rings is 1. The van der Waals surface area contributed by atoms with Crippen LogP contribution in [-0.2, 0) is 11.3 Å². The minimum Gasteiger partial charge on any atom is -0.497 e. The minimum absolute atomic E-state index is 0.184. The predicted octanol–water partition coefficient (Wildman–Crippen LogP) is 4.41. The second-order valence-corrected chi connectivity index (χ2v) is 8.14. The molecule has 0 unspecified atom stereocenters. The van der Waals surface area contributed by atoms with E-state index in [9.17, 15) is 4.79 Å². The molecule has 1 heterocycles. The second-order valence-electron chi connectivity index (χ2n) is 7.19. The van der Waals surface area contributed by atoms with Crippen LogP contribution in [0.3, 0.4) is 0 Å². The zero-order valence-electron chi connectivity index (χ0n) is 17.3. The number of carbonyl (C=O) groups is 1. The largest absolute Gasteiger partial charge is 0.497 e. The van der Waals surface area contributed by atoms with E-state index in [4.69, 9.17) is 4.74 Å². The van der Waals surface area contributed by atoms with Crippen molar-refractivity contribution in [1.29, 1.82) is 0 Å². The third-order valence-corrected chi connectivity index (χ3v) is 6.33. The van der Waals surface area contributed by atoms with Gasteiger partial charge in [0.25, 0.3) is 0 Å². The van der Waals surface area contributed by atoms with Gasteiger partial charge >= 0.3 is 0 Å².